The zero-order valence-corrected chi connectivity index (χ0v) is 24.5. The maximum atomic E-state index is 13.6. The third-order valence-corrected chi connectivity index (χ3v) is 8.91. The number of hydrogen-bond acceptors (Lipinski definition) is 6. The Hall–Kier alpha value is -3.46. The summed E-state index contributed by atoms with van der Waals surface area (Å²) < 4.78 is 5.91. The molecule has 2 aromatic carbocycles. The molecular weight excluding hydrogens is 569 g/mol. The molecule has 7 nitrogen and oxygen atoms in total. The Kier molecular flexibility index (Phi) is 7.86. The molecule has 0 unspecified atom stereocenters. The van der Waals surface area contributed by atoms with Gasteiger partial charge in [-0.25, -0.2) is 4.99 Å². The molecule has 10 heteroatoms. The van der Waals surface area contributed by atoms with E-state index in [1.54, 1.807) is 42.6 Å². The molecule has 2 heterocycles. The summed E-state index contributed by atoms with van der Waals surface area (Å²) in [6, 6.07) is 14.6. The van der Waals surface area contributed by atoms with Gasteiger partial charge in [-0.3, -0.25) is 14.9 Å². The van der Waals surface area contributed by atoms with Gasteiger partial charge in [-0.2, -0.15) is 0 Å². The van der Waals surface area contributed by atoms with Gasteiger partial charge in [0.2, 0.25) is 0 Å². The van der Waals surface area contributed by atoms with E-state index in [0.29, 0.717) is 49.3 Å². The van der Waals surface area contributed by atoms with Gasteiger partial charge in [-0.1, -0.05) is 44.0 Å². The standard InChI is InChI=1S/C30H27Cl2N3O4S/c1-30(2,3)17-4-11-22-26(14-17)40-29(27(22)28(36)34-19-7-5-18(31)6-8-19)33-16-21-10-13-25(39-21)23-15-20(35(37)38)9-12-24(23)32/h5-10,12-13,15-17H,4,11,14H2,1-3H3,(H,34,36)/t17-/m0/s1. The predicted octanol–water partition coefficient (Wildman–Crippen LogP) is 9.38. The first-order chi connectivity index (χ1) is 19.0. The van der Waals surface area contributed by atoms with Gasteiger partial charge in [0, 0.05) is 33.3 Å². The molecule has 1 N–H and O–H groups in total. The van der Waals surface area contributed by atoms with Crippen LogP contribution in [0.15, 0.2) is 64.0 Å². The predicted molar refractivity (Wildman–Crippen MR) is 162 cm³/mol. The first-order valence-corrected chi connectivity index (χ1v) is 14.4. The first-order valence-electron chi connectivity index (χ1n) is 12.8. The van der Waals surface area contributed by atoms with Crippen LogP contribution in [0.3, 0.4) is 0 Å². The summed E-state index contributed by atoms with van der Waals surface area (Å²) in [4.78, 5) is 30.2. The van der Waals surface area contributed by atoms with Crippen molar-refractivity contribution in [1.82, 2.24) is 0 Å². The Balaban J connectivity index is 1.47. The molecule has 1 aliphatic carbocycles. The minimum Gasteiger partial charge on any atom is -0.455 e. The lowest BCUT2D eigenvalue weighted by Gasteiger charge is -2.33. The second-order valence-corrected chi connectivity index (χ2v) is 12.8. The third-order valence-electron chi connectivity index (χ3n) is 7.16. The number of hydrogen-bond donors (Lipinski definition) is 1. The maximum Gasteiger partial charge on any atom is 0.270 e. The van der Waals surface area contributed by atoms with Crippen LogP contribution in [0, 0.1) is 21.4 Å². The summed E-state index contributed by atoms with van der Waals surface area (Å²) in [5.74, 6) is 1.11. The molecule has 4 aromatic rings. The molecule has 1 atom stereocenters. The molecule has 40 heavy (non-hydrogen) atoms. The molecule has 2 aromatic heterocycles. The number of anilines is 1. The van der Waals surface area contributed by atoms with E-state index in [4.69, 9.17) is 32.6 Å². The SMILES string of the molecule is CC(C)(C)[C@H]1CCc2c(sc(N=Cc3ccc(-c4cc([N+](=O)[O-])ccc4Cl)o3)c2C(=O)Nc2ccc(Cl)cc2)C1. The lowest BCUT2D eigenvalue weighted by Crippen LogP contribution is -2.27. The number of carbonyl (C=O) groups is 1. The topological polar surface area (TPSA) is 97.7 Å². The number of fused-ring (bicyclic) bond motifs is 1. The number of nitro benzene ring substituents is 1. The highest BCUT2D eigenvalue weighted by Crippen LogP contribution is 2.45. The van der Waals surface area contributed by atoms with E-state index in [2.05, 4.69) is 26.1 Å². The largest absolute Gasteiger partial charge is 0.455 e. The zero-order valence-electron chi connectivity index (χ0n) is 22.2. The van der Waals surface area contributed by atoms with Crippen LogP contribution >= 0.6 is 34.5 Å². The van der Waals surface area contributed by atoms with Crippen molar-refractivity contribution in [3.05, 3.63) is 96.5 Å². The number of amides is 1. The monoisotopic (exact) mass is 595 g/mol. The summed E-state index contributed by atoms with van der Waals surface area (Å²) >= 11 is 13.8. The number of halogens is 2. The molecule has 0 bridgehead atoms. The number of aliphatic imine (C=N–C) groups is 1. The van der Waals surface area contributed by atoms with Crippen LogP contribution in [0.4, 0.5) is 16.4 Å². The van der Waals surface area contributed by atoms with E-state index in [9.17, 15) is 14.9 Å². The summed E-state index contributed by atoms with van der Waals surface area (Å²) in [7, 11) is 0. The van der Waals surface area contributed by atoms with Crippen LogP contribution in [0.25, 0.3) is 11.3 Å². The highest BCUT2D eigenvalue weighted by Gasteiger charge is 2.33. The van der Waals surface area contributed by atoms with Crippen molar-refractivity contribution in [2.24, 2.45) is 16.3 Å². The van der Waals surface area contributed by atoms with E-state index in [1.807, 2.05) is 0 Å². The number of rotatable bonds is 6. The minimum absolute atomic E-state index is 0.0833. The maximum absolute atomic E-state index is 13.6. The van der Waals surface area contributed by atoms with Gasteiger partial charge in [0.15, 0.2) is 0 Å². The highest BCUT2D eigenvalue weighted by molar-refractivity contribution is 7.16. The smallest absolute Gasteiger partial charge is 0.270 e. The fourth-order valence-electron chi connectivity index (χ4n) is 4.87. The van der Waals surface area contributed by atoms with E-state index in [1.165, 1.54) is 34.4 Å². The van der Waals surface area contributed by atoms with Crippen LogP contribution in [-0.4, -0.2) is 17.0 Å². The summed E-state index contributed by atoms with van der Waals surface area (Å²) in [6.07, 6.45) is 4.27. The van der Waals surface area contributed by atoms with Crippen LogP contribution in [0.5, 0.6) is 0 Å². The number of carbonyl (C=O) groups excluding carboxylic acids is 1. The molecule has 1 aliphatic rings. The second-order valence-electron chi connectivity index (χ2n) is 10.8. The minimum atomic E-state index is -0.482. The molecule has 1 amide bonds. The quantitative estimate of drug-likeness (QED) is 0.136. The van der Waals surface area contributed by atoms with Crippen LogP contribution in [0.2, 0.25) is 10.0 Å². The Morgan fingerprint density at radius 3 is 2.60 bits per heavy atom. The molecule has 0 aliphatic heterocycles. The summed E-state index contributed by atoms with van der Waals surface area (Å²) in [6.45, 7) is 6.77. The van der Waals surface area contributed by atoms with Crippen LogP contribution < -0.4 is 5.32 Å². The molecule has 0 saturated heterocycles. The third kappa shape index (κ3) is 5.99. The fraction of sp³-hybridized carbons (Fsp3) is 0.267. The second kappa shape index (κ2) is 11.2. The van der Waals surface area contributed by atoms with Crippen molar-refractivity contribution in [3.8, 4) is 11.3 Å². The van der Waals surface area contributed by atoms with Gasteiger partial charge >= 0.3 is 0 Å². The van der Waals surface area contributed by atoms with E-state index in [-0.39, 0.29) is 17.0 Å². The van der Waals surface area contributed by atoms with Crippen molar-refractivity contribution in [3.63, 3.8) is 0 Å². The average Bonchev–Trinajstić information content (AvgIpc) is 3.52. The van der Waals surface area contributed by atoms with Gasteiger partial charge in [0.25, 0.3) is 11.6 Å². The van der Waals surface area contributed by atoms with Crippen LogP contribution in [-0.2, 0) is 12.8 Å². The van der Waals surface area contributed by atoms with Crippen LogP contribution in [0.1, 0.15) is 53.8 Å². The van der Waals surface area contributed by atoms with Crippen molar-refractivity contribution in [2.75, 3.05) is 5.32 Å². The molecule has 0 saturated carbocycles. The van der Waals surface area contributed by atoms with Crippen molar-refractivity contribution in [1.29, 1.82) is 0 Å². The molecule has 206 valence electrons. The zero-order chi connectivity index (χ0) is 28.6. The molecule has 0 radical (unpaired) electrons. The Morgan fingerprint density at radius 2 is 1.90 bits per heavy atom. The van der Waals surface area contributed by atoms with Gasteiger partial charge in [-0.05, 0) is 78.6 Å². The van der Waals surface area contributed by atoms with E-state index >= 15 is 0 Å². The van der Waals surface area contributed by atoms with Gasteiger partial charge < -0.3 is 9.73 Å². The lowest BCUT2D eigenvalue weighted by atomic mass is 9.72. The lowest BCUT2D eigenvalue weighted by molar-refractivity contribution is -0.384. The number of benzene rings is 2. The summed E-state index contributed by atoms with van der Waals surface area (Å²) in [5.41, 5.74) is 2.77. The first kappa shape index (κ1) is 28.1. The molecule has 0 spiro atoms. The Labute approximate surface area is 246 Å². The summed E-state index contributed by atoms with van der Waals surface area (Å²) in [5, 5.41) is 15.7. The normalized spacial score (nSPS) is 15.3. The average molecular weight is 597 g/mol. The van der Waals surface area contributed by atoms with Gasteiger partial charge in [0.1, 0.15) is 16.5 Å². The van der Waals surface area contributed by atoms with Gasteiger partial charge in [0.05, 0.1) is 21.7 Å². The number of non-ortho nitro benzene ring substituents is 1. The number of thiophene rings is 1. The Bertz CT molecular complexity index is 1620. The number of nitrogens with zero attached hydrogens (tertiary/aromatic N) is 2. The van der Waals surface area contributed by atoms with E-state index < -0.39 is 4.92 Å². The Morgan fingerprint density at radius 1 is 1.15 bits per heavy atom. The molecule has 0 fully saturated rings. The fourth-order valence-corrected chi connectivity index (χ4v) is 6.47. The van der Waals surface area contributed by atoms with Crippen molar-refractivity contribution in [2.45, 2.75) is 40.0 Å². The van der Waals surface area contributed by atoms with Crippen molar-refractivity contribution < 1.29 is 14.1 Å². The number of furan rings is 1. The van der Waals surface area contributed by atoms with Crippen molar-refractivity contribution >= 4 is 63.0 Å². The number of nitrogens with one attached hydrogen (secondary N) is 1. The molecule has 5 rings (SSSR count). The highest BCUT2D eigenvalue weighted by atomic mass is 35.5. The van der Waals surface area contributed by atoms with Gasteiger partial charge in [-0.15, -0.1) is 11.3 Å². The van der Waals surface area contributed by atoms with E-state index in [0.717, 1.165) is 24.8 Å². The molecular formula is C30H27Cl2N3O4S. The number of nitro groups is 1.